The highest BCUT2D eigenvalue weighted by molar-refractivity contribution is 5.94. The van der Waals surface area contributed by atoms with Crippen LogP contribution in [-0.2, 0) is 11.3 Å². The van der Waals surface area contributed by atoms with Crippen LogP contribution in [0.3, 0.4) is 0 Å². The van der Waals surface area contributed by atoms with E-state index in [1.807, 2.05) is 24.3 Å². The number of morpholine rings is 1. The maximum Gasteiger partial charge on any atom is 0.335 e. The molecule has 2 aromatic carbocycles. The van der Waals surface area contributed by atoms with Crippen LogP contribution in [0.5, 0.6) is 0 Å². The fourth-order valence-corrected chi connectivity index (χ4v) is 4.73. The normalized spacial score (nSPS) is 16.9. The van der Waals surface area contributed by atoms with Gasteiger partial charge in [-0.25, -0.2) is 14.8 Å². The number of ether oxygens (including phenoxy) is 1. The number of allylic oxidation sites excluding steroid dienone is 1. The average Bonchev–Trinajstić information content (AvgIpc) is 3.26. The van der Waals surface area contributed by atoms with E-state index in [4.69, 9.17) is 14.7 Å². The summed E-state index contributed by atoms with van der Waals surface area (Å²) in [6.45, 7) is 3.37. The molecule has 8 heteroatoms. The number of benzene rings is 2. The monoisotopic (exact) mass is 454 g/mol. The Morgan fingerprint density at radius 1 is 1.00 bits per heavy atom. The summed E-state index contributed by atoms with van der Waals surface area (Å²) in [5.74, 6) is 0.433. The van der Waals surface area contributed by atoms with Crippen LogP contribution in [0.25, 0.3) is 33.5 Å². The zero-order valence-corrected chi connectivity index (χ0v) is 18.4. The van der Waals surface area contributed by atoms with Crippen molar-refractivity contribution in [1.82, 2.24) is 14.5 Å². The van der Waals surface area contributed by atoms with Crippen LogP contribution < -0.4 is 10.5 Å². The van der Waals surface area contributed by atoms with Crippen molar-refractivity contribution < 1.29 is 14.6 Å². The molecule has 0 aliphatic carbocycles. The molecule has 4 heterocycles. The molecule has 0 saturated carbocycles. The quantitative estimate of drug-likeness (QED) is 0.507. The van der Waals surface area contributed by atoms with Crippen molar-refractivity contribution in [3.05, 3.63) is 75.8 Å². The second-order valence-electron chi connectivity index (χ2n) is 8.54. The molecule has 2 aliphatic heterocycles. The number of carbonyl (C=O) groups is 1. The Bertz CT molecular complexity index is 1550. The SMILES string of the molecule is O=C(O)c1ccc2c(=O)n3c(nc2c1)C(=Cc1cc2ccccc2nc1N1CCOCC1)CC3. The number of anilines is 1. The van der Waals surface area contributed by atoms with Crippen LogP contribution in [0.1, 0.15) is 28.2 Å². The molecule has 2 aromatic heterocycles. The van der Waals surface area contributed by atoms with Gasteiger partial charge in [-0.3, -0.25) is 9.36 Å². The molecule has 2 aliphatic rings. The predicted molar refractivity (Wildman–Crippen MR) is 130 cm³/mol. The molecule has 8 nitrogen and oxygen atoms in total. The molecule has 34 heavy (non-hydrogen) atoms. The van der Waals surface area contributed by atoms with Crippen molar-refractivity contribution in [2.24, 2.45) is 0 Å². The van der Waals surface area contributed by atoms with Crippen LogP contribution in [-0.4, -0.2) is 51.9 Å². The number of hydrogen-bond donors (Lipinski definition) is 1. The maximum absolute atomic E-state index is 13.1. The number of carboxylic acid groups (broad SMARTS) is 1. The highest BCUT2D eigenvalue weighted by Crippen LogP contribution is 2.32. The smallest absolute Gasteiger partial charge is 0.335 e. The zero-order valence-electron chi connectivity index (χ0n) is 18.4. The highest BCUT2D eigenvalue weighted by atomic mass is 16.5. The van der Waals surface area contributed by atoms with E-state index in [0.29, 0.717) is 42.9 Å². The van der Waals surface area contributed by atoms with Gasteiger partial charge in [-0.1, -0.05) is 18.2 Å². The first-order chi connectivity index (χ1) is 16.6. The van der Waals surface area contributed by atoms with Crippen molar-refractivity contribution in [2.45, 2.75) is 13.0 Å². The molecule has 0 spiro atoms. The van der Waals surface area contributed by atoms with Gasteiger partial charge in [0, 0.05) is 30.6 Å². The van der Waals surface area contributed by atoms with E-state index in [2.05, 4.69) is 17.0 Å². The molecule has 6 rings (SSSR count). The first kappa shape index (κ1) is 20.6. The van der Waals surface area contributed by atoms with Gasteiger partial charge in [-0.05, 0) is 48.4 Å². The van der Waals surface area contributed by atoms with Gasteiger partial charge in [0.1, 0.15) is 11.6 Å². The number of carboxylic acids is 1. The van der Waals surface area contributed by atoms with E-state index in [1.54, 1.807) is 10.6 Å². The molecule has 0 unspecified atom stereocenters. The molecule has 0 bridgehead atoms. The number of rotatable bonds is 3. The van der Waals surface area contributed by atoms with Gasteiger partial charge in [0.2, 0.25) is 0 Å². The fourth-order valence-electron chi connectivity index (χ4n) is 4.73. The van der Waals surface area contributed by atoms with Crippen LogP contribution in [0.15, 0.2) is 53.3 Å². The summed E-state index contributed by atoms with van der Waals surface area (Å²) in [5, 5.41) is 10.8. The molecule has 4 aromatic rings. The van der Waals surface area contributed by atoms with Gasteiger partial charge in [-0.2, -0.15) is 0 Å². The Labute approximate surface area is 194 Å². The third kappa shape index (κ3) is 3.43. The lowest BCUT2D eigenvalue weighted by Crippen LogP contribution is -2.37. The lowest BCUT2D eigenvalue weighted by atomic mass is 10.1. The first-order valence-corrected chi connectivity index (χ1v) is 11.3. The molecule has 170 valence electrons. The van der Waals surface area contributed by atoms with Crippen LogP contribution in [0, 0.1) is 0 Å². The largest absolute Gasteiger partial charge is 0.478 e. The number of aromatic carboxylic acids is 1. The number of nitrogens with zero attached hydrogens (tertiary/aromatic N) is 4. The van der Waals surface area contributed by atoms with Crippen molar-refractivity contribution in [2.75, 3.05) is 31.2 Å². The fraction of sp³-hybridized carbons (Fsp3) is 0.231. The molecule has 1 N–H and O–H groups in total. The van der Waals surface area contributed by atoms with Gasteiger partial charge in [0.05, 0.1) is 35.2 Å². The summed E-state index contributed by atoms with van der Waals surface area (Å²) in [5.41, 5.74) is 3.20. The summed E-state index contributed by atoms with van der Waals surface area (Å²) in [7, 11) is 0. The number of aromatic nitrogens is 3. The zero-order chi connectivity index (χ0) is 23.2. The minimum absolute atomic E-state index is 0.112. The Morgan fingerprint density at radius 3 is 2.65 bits per heavy atom. The van der Waals surface area contributed by atoms with Crippen LogP contribution >= 0.6 is 0 Å². The third-order valence-electron chi connectivity index (χ3n) is 6.47. The lowest BCUT2D eigenvalue weighted by Gasteiger charge is -2.29. The van der Waals surface area contributed by atoms with Gasteiger partial charge in [0.15, 0.2) is 0 Å². The van der Waals surface area contributed by atoms with E-state index in [0.717, 1.165) is 40.9 Å². The second-order valence-corrected chi connectivity index (χ2v) is 8.54. The summed E-state index contributed by atoms with van der Waals surface area (Å²) in [6.07, 6.45) is 2.74. The standard InChI is InChI=1S/C26H22N4O4/c31-25-20-6-5-18(26(32)33)15-22(20)28-24-17(7-8-30(24)25)14-19-13-16-3-1-2-4-21(16)27-23(19)29-9-11-34-12-10-29/h1-6,13-15H,7-12H2,(H,32,33). The van der Waals surface area contributed by atoms with Crippen LogP contribution in [0.2, 0.25) is 0 Å². The second kappa shape index (κ2) is 8.07. The summed E-state index contributed by atoms with van der Waals surface area (Å²) >= 11 is 0. The van der Waals surface area contributed by atoms with Crippen molar-refractivity contribution >= 4 is 45.2 Å². The van der Waals surface area contributed by atoms with E-state index in [1.165, 1.54) is 12.1 Å². The summed E-state index contributed by atoms with van der Waals surface area (Å²) in [6, 6.07) is 14.6. The van der Waals surface area contributed by atoms with Gasteiger partial charge >= 0.3 is 5.97 Å². The van der Waals surface area contributed by atoms with E-state index in [-0.39, 0.29) is 11.1 Å². The number of pyridine rings is 1. The molecular weight excluding hydrogens is 432 g/mol. The van der Waals surface area contributed by atoms with Crippen molar-refractivity contribution in [1.29, 1.82) is 0 Å². The molecule has 1 fully saturated rings. The lowest BCUT2D eigenvalue weighted by molar-refractivity contribution is 0.0697. The van der Waals surface area contributed by atoms with E-state index >= 15 is 0 Å². The topological polar surface area (TPSA) is 97.5 Å². The maximum atomic E-state index is 13.1. The third-order valence-corrected chi connectivity index (χ3v) is 6.47. The molecule has 0 radical (unpaired) electrons. The van der Waals surface area contributed by atoms with Crippen molar-refractivity contribution in [3.63, 3.8) is 0 Å². The Kier molecular flexibility index (Phi) is 4.88. The first-order valence-electron chi connectivity index (χ1n) is 11.3. The minimum atomic E-state index is -1.04. The predicted octanol–water partition coefficient (Wildman–Crippen LogP) is 3.42. The molecule has 1 saturated heterocycles. The Balaban J connectivity index is 1.52. The Morgan fingerprint density at radius 2 is 1.82 bits per heavy atom. The minimum Gasteiger partial charge on any atom is -0.478 e. The average molecular weight is 454 g/mol. The molecular formula is C26H22N4O4. The Hall–Kier alpha value is -4.04. The summed E-state index contributed by atoms with van der Waals surface area (Å²) in [4.78, 5) is 36.4. The number of fused-ring (bicyclic) bond motifs is 3. The summed E-state index contributed by atoms with van der Waals surface area (Å²) < 4.78 is 7.21. The highest BCUT2D eigenvalue weighted by Gasteiger charge is 2.23. The van der Waals surface area contributed by atoms with Gasteiger partial charge < -0.3 is 14.7 Å². The van der Waals surface area contributed by atoms with Gasteiger partial charge in [0.25, 0.3) is 5.56 Å². The van der Waals surface area contributed by atoms with Crippen LogP contribution in [0.4, 0.5) is 5.82 Å². The number of para-hydroxylation sites is 1. The van der Waals surface area contributed by atoms with E-state index < -0.39 is 5.97 Å². The van der Waals surface area contributed by atoms with E-state index in [9.17, 15) is 14.7 Å². The number of hydrogen-bond acceptors (Lipinski definition) is 6. The van der Waals surface area contributed by atoms with Crippen molar-refractivity contribution in [3.8, 4) is 0 Å². The molecule has 0 amide bonds. The molecule has 0 atom stereocenters. The van der Waals surface area contributed by atoms with Gasteiger partial charge in [-0.15, -0.1) is 0 Å².